The molecule has 0 spiro atoms. The van der Waals surface area contributed by atoms with Crippen molar-refractivity contribution in [3.8, 4) is 11.8 Å². The molecule has 6 nitrogen and oxygen atoms in total. The van der Waals surface area contributed by atoms with Gasteiger partial charge in [-0.2, -0.15) is 0 Å². The highest BCUT2D eigenvalue weighted by Gasteiger charge is 2.26. The van der Waals surface area contributed by atoms with Crippen molar-refractivity contribution in [2.75, 3.05) is 20.2 Å². The number of carbonyl (C=O) groups is 1. The summed E-state index contributed by atoms with van der Waals surface area (Å²) in [5.41, 5.74) is 1.70. The molecule has 0 aliphatic carbocycles. The van der Waals surface area contributed by atoms with E-state index >= 15 is 0 Å². The van der Waals surface area contributed by atoms with Crippen molar-refractivity contribution in [1.82, 2.24) is 14.9 Å². The predicted octanol–water partition coefficient (Wildman–Crippen LogP) is 2.73. The average molecular weight is 341 g/mol. The third-order valence-electron chi connectivity index (χ3n) is 4.34. The molecular weight excluding hydrogens is 318 g/mol. The van der Waals surface area contributed by atoms with Gasteiger partial charge in [-0.15, -0.1) is 0 Å². The zero-order chi connectivity index (χ0) is 17.6. The van der Waals surface area contributed by atoms with Crippen LogP contribution in [0.3, 0.4) is 0 Å². The molecule has 0 bridgehead atoms. The first-order chi connectivity index (χ1) is 12.2. The predicted molar refractivity (Wildman–Crippen MR) is 94.0 cm³/mol. The summed E-state index contributed by atoms with van der Waals surface area (Å²) in [5, 5.41) is 0. The highest BCUT2D eigenvalue weighted by Crippen LogP contribution is 2.19. The third kappa shape index (κ3) is 4.26. The quantitative estimate of drug-likeness (QED) is 0.837. The number of carbonyl (C=O) groups excluding carboxylic acids is 1. The first-order valence-corrected chi connectivity index (χ1v) is 8.60. The minimum Gasteiger partial charge on any atom is -0.497 e. The molecule has 1 aliphatic rings. The molecule has 0 saturated carbocycles. The smallest absolute Gasteiger partial charge is 0.316 e. The second-order valence-electron chi connectivity index (χ2n) is 6.09. The molecule has 132 valence electrons. The van der Waals surface area contributed by atoms with E-state index in [4.69, 9.17) is 9.47 Å². The summed E-state index contributed by atoms with van der Waals surface area (Å²) in [6.45, 7) is 3.32. The van der Waals surface area contributed by atoms with Crippen LogP contribution in [-0.4, -0.2) is 47.1 Å². The van der Waals surface area contributed by atoms with Crippen molar-refractivity contribution >= 4 is 5.91 Å². The van der Waals surface area contributed by atoms with Crippen molar-refractivity contribution in [2.45, 2.75) is 32.3 Å². The van der Waals surface area contributed by atoms with Gasteiger partial charge in [-0.25, -0.2) is 9.97 Å². The van der Waals surface area contributed by atoms with E-state index in [0.29, 0.717) is 23.9 Å². The molecule has 1 saturated heterocycles. The minimum atomic E-state index is -0.0872. The molecule has 1 aliphatic heterocycles. The fraction of sp³-hybridized carbons (Fsp3) is 0.421. The molecule has 2 aromatic rings. The number of rotatable bonds is 5. The van der Waals surface area contributed by atoms with Gasteiger partial charge in [-0.3, -0.25) is 4.79 Å². The molecule has 25 heavy (non-hydrogen) atoms. The Kier molecular flexibility index (Phi) is 5.48. The lowest BCUT2D eigenvalue weighted by Crippen LogP contribution is -2.44. The van der Waals surface area contributed by atoms with Crippen LogP contribution in [0.25, 0.3) is 0 Å². The first kappa shape index (κ1) is 17.2. The maximum absolute atomic E-state index is 12.7. The number of nitrogens with zero attached hydrogens (tertiary/aromatic N) is 3. The monoisotopic (exact) mass is 341 g/mol. The molecule has 3 rings (SSSR count). The van der Waals surface area contributed by atoms with Gasteiger partial charge >= 0.3 is 6.01 Å². The van der Waals surface area contributed by atoms with Crippen LogP contribution in [0.1, 0.15) is 35.7 Å². The molecule has 1 amide bonds. The van der Waals surface area contributed by atoms with Crippen molar-refractivity contribution in [2.24, 2.45) is 0 Å². The summed E-state index contributed by atoms with van der Waals surface area (Å²) in [6, 6.07) is 7.60. The summed E-state index contributed by atoms with van der Waals surface area (Å²) in [6.07, 6.45) is 6.16. The zero-order valence-electron chi connectivity index (χ0n) is 14.6. The van der Waals surface area contributed by atoms with Gasteiger partial charge in [0.2, 0.25) is 0 Å². The zero-order valence-corrected chi connectivity index (χ0v) is 14.6. The van der Waals surface area contributed by atoms with Gasteiger partial charge in [0.15, 0.2) is 0 Å². The summed E-state index contributed by atoms with van der Waals surface area (Å²) in [4.78, 5) is 23.0. The van der Waals surface area contributed by atoms with Gasteiger partial charge < -0.3 is 14.4 Å². The summed E-state index contributed by atoms with van der Waals surface area (Å²) >= 11 is 0. The summed E-state index contributed by atoms with van der Waals surface area (Å²) in [7, 11) is 1.60. The van der Waals surface area contributed by atoms with Crippen LogP contribution in [0, 0.1) is 0 Å². The lowest BCUT2D eigenvalue weighted by Gasteiger charge is -2.32. The molecule has 0 radical (unpaired) electrons. The lowest BCUT2D eigenvalue weighted by molar-refractivity contribution is 0.0515. The highest BCUT2D eigenvalue weighted by molar-refractivity contribution is 5.94. The van der Waals surface area contributed by atoms with E-state index in [0.717, 1.165) is 31.4 Å². The van der Waals surface area contributed by atoms with Crippen LogP contribution in [-0.2, 0) is 6.42 Å². The van der Waals surface area contributed by atoms with Crippen molar-refractivity contribution in [1.29, 1.82) is 0 Å². The summed E-state index contributed by atoms with van der Waals surface area (Å²) in [5.74, 6) is 0.675. The average Bonchev–Trinajstić information content (AvgIpc) is 2.68. The molecule has 1 fully saturated rings. The molecule has 1 unspecified atom stereocenters. The van der Waals surface area contributed by atoms with Crippen LogP contribution in [0.5, 0.6) is 11.8 Å². The Morgan fingerprint density at radius 1 is 1.32 bits per heavy atom. The number of piperidine rings is 1. The standard InChI is InChI=1S/C19H23N3O3/c1-3-14-11-20-19(21-12-14)25-17-8-5-9-22(13-17)18(23)15-6-4-7-16(10-15)24-2/h4,6-7,10-12,17H,3,5,8-9,13H2,1-2H3. The molecule has 1 aromatic heterocycles. The van der Waals surface area contributed by atoms with Crippen LogP contribution in [0.15, 0.2) is 36.7 Å². The van der Waals surface area contributed by atoms with Crippen molar-refractivity contribution in [3.05, 3.63) is 47.8 Å². The second-order valence-corrected chi connectivity index (χ2v) is 6.09. The Bertz CT molecular complexity index is 718. The second kappa shape index (κ2) is 7.96. The van der Waals surface area contributed by atoms with Crippen LogP contribution < -0.4 is 9.47 Å². The number of hydrogen-bond acceptors (Lipinski definition) is 5. The van der Waals surface area contributed by atoms with Crippen LogP contribution in [0.2, 0.25) is 0 Å². The molecule has 1 aromatic carbocycles. The molecule has 0 N–H and O–H groups in total. The van der Waals surface area contributed by atoms with Gasteiger partial charge in [0.25, 0.3) is 5.91 Å². The maximum Gasteiger partial charge on any atom is 0.316 e. The van der Waals surface area contributed by atoms with Crippen molar-refractivity contribution < 1.29 is 14.3 Å². The highest BCUT2D eigenvalue weighted by atomic mass is 16.5. The number of amides is 1. The summed E-state index contributed by atoms with van der Waals surface area (Å²) < 4.78 is 11.1. The van der Waals surface area contributed by atoms with Crippen molar-refractivity contribution in [3.63, 3.8) is 0 Å². The maximum atomic E-state index is 12.7. The molecule has 2 heterocycles. The SMILES string of the molecule is CCc1cnc(OC2CCCN(C(=O)c3cccc(OC)c3)C2)nc1. The lowest BCUT2D eigenvalue weighted by atomic mass is 10.1. The molecule has 6 heteroatoms. The van der Waals surface area contributed by atoms with Crippen LogP contribution >= 0.6 is 0 Å². The number of hydrogen-bond donors (Lipinski definition) is 0. The van der Waals surface area contributed by atoms with E-state index in [1.807, 2.05) is 23.1 Å². The first-order valence-electron chi connectivity index (χ1n) is 8.60. The Hall–Kier alpha value is -2.63. The number of ether oxygens (including phenoxy) is 2. The number of aryl methyl sites for hydroxylation is 1. The largest absolute Gasteiger partial charge is 0.497 e. The number of aromatic nitrogens is 2. The topological polar surface area (TPSA) is 64.5 Å². The van der Waals surface area contributed by atoms with Gasteiger partial charge in [0.1, 0.15) is 11.9 Å². The molecule has 1 atom stereocenters. The fourth-order valence-electron chi connectivity index (χ4n) is 2.89. The fourth-order valence-corrected chi connectivity index (χ4v) is 2.89. The minimum absolute atomic E-state index is 0.00514. The van der Waals surface area contributed by atoms with Gasteiger partial charge in [0.05, 0.1) is 13.7 Å². The van der Waals surface area contributed by atoms with Gasteiger partial charge in [0, 0.05) is 24.5 Å². The van der Waals surface area contributed by atoms with E-state index in [9.17, 15) is 4.79 Å². The van der Waals surface area contributed by atoms with E-state index in [2.05, 4.69) is 16.9 Å². The van der Waals surface area contributed by atoms with E-state index < -0.39 is 0 Å². The normalized spacial score (nSPS) is 17.2. The van der Waals surface area contributed by atoms with E-state index in [1.165, 1.54) is 0 Å². The Morgan fingerprint density at radius 2 is 2.12 bits per heavy atom. The Balaban J connectivity index is 1.64. The Labute approximate surface area is 147 Å². The number of likely N-dealkylation sites (tertiary alicyclic amines) is 1. The van der Waals surface area contributed by atoms with E-state index in [-0.39, 0.29) is 12.0 Å². The Morgan fingerprint density at radius 3 is 2.84 bits per heavy atom. The number of benzene rings is 1. The third-order valence-corrected chi connectivity index (χ3v) is 4.34. The van der Waals surface area contributed by atoms with Crippen LogP contribution in [0.4, 0.5) is 0 Å². The van der Waals surface area contributed by atoms with E-state index in [1.54, 1.807) is 25.6 Å². The van der Waals surface area contributed by atoms with Gasteiger partial charge in [-0.05, 0) is 43.0 Å². The number of methoxy groups -OCH3 is 1. The van der Waals surface area contributed by atoms with Gasteiger partial charge in [-0.1, -0.05) is 13.0 Å². The molecular formula is C19H23N3O3.